The first kappa shape index (κ1) is 20.9. The molecule has 1 amide bonds. The zero-order valence-electron chi connectivity index (χ0n) is 15.4. The minimum atomic E-state index is -3.84. The third kappa shape index (κ3) is 5.85. The van der Waals surface area contributed by atoms with Crippen molar-refractivity contribution in [1.29, 1.82) is 0 Å². The molecule has 2 aromatic carbocycles. The molecule has 0 aliphatic rings. The van der Waals surface area contributed by atoms with E-state index in [9.17, 15) is 17.6 Å². The van der Waals surface area contributed by atoms with Crippen molar-refractivity contribution in [3.8, 4) is 11.4 Å². The van der Waals surface area contributed by atoms with Gasteiger partial charge >= 0.3 is 0 Å². The summed E-state index contributed by atoms with van der Waals surface area (Å²) in [6.45, 7) is 0.0907. The largest absolute Gasteiger partial charge is 0.341 e. The van der Waals surface area contributed by atoms with Gasteiger partial charge in [0.15, 0.2) is 9.84 Å². The van der Waals surface area contributed by atoms with Crippen LogP contribution in [0.15, 0.2) is 53.1 Å². The van der Waals surface area contributed by atoms with Gasteiger partial charge in [0.05, 0.1) is 0 Å². The van der Waals surface area contributed by atoms with Crippen LogP contribution in [0.4, 0.5) is 4.39 Å². The van der Waals surface area contributed by atoms with E-state index in [0.717, 1.165) is 0 Å². The fourth-order valence-corrected chi connectivity index (χ4v) is 3.88. The SMILES string of the molecule is CN(Cc1cccc(F)c1)C(=O)CS(=O)(=O)Cc1nc(-c2ccc(Cl)cc2)no1. The molecule has 0 atom stereocenters. The number of halogens is 2. The second-order valence-electron chi connectivity index (χ2n) is 6.43. The van der Waals surface area contributed by atoms with Crippen LogP contribution in [0.3, 0.4) is 0 Å². The third-order valence-electron chi connectivity index (χ3n) is 3.99. The highest BCUT2D eigenvalue weighted by atomic mass is 35.5. The maximum absolute atomic E-state index is 13.2. The predicted molar refractivity (Wildman–Crippen MR) is 105 cm³/mol. The Kier molecular flexibility index (Phi) is 6.29. The minimum absolute atomic E-state index is 0.0907. The van der Waals surface area contributed by atoms with Gasteiger partial charge in [0, 0.05) is 24.2 Å². The average Bonchev–Trinajstić information content (AvgIpc) is 3.09. The van der Waals surface area contributed by atoms with Gasteiger partial charge < -0.3 is 9.42 Å². The first-order chi connectivity index (χ1) is 13.7. The van der Waals surface area contributed by atoms with Gasteiger partial charge in [-0.2, -0.15) is 4.98 Å². The molecule has 1 aromatic heterocycles. The van der Waals surface area contributed by atoms with E-state index in [-0.39, 0.29) is 18.3 Å². The Hall–Kier alpha value is -2.78. The Morgan fingerprint density at radius 3 is 2.62 bits per heavy atom. The highest BCUT2D eigenvalue weighted by Gasteiger charge is 2.23. The summed E-state index contributed by atoms with van der Waals surface area (Å²) < 4.78 is 43.0. The Labute approximate surface area is 172 Å². The lowest BCUT2D eigenvalue weighted by molar-refractivity contribution is -0.127. The van der Waals surface area contributed by atoms with Gasteiger partial charge in [-0.15, -0.1) is 0 Å². The molecular weight excluding hydrogens is 421 g/mol. The van der Waals surface area contributed by atoms with E-state index in [1.807, 2.05) is 0 Å². The number of hydrogen-bond donors (Lipinski definition) is 0. The summed E-state index contributed by atoms with van der Waals surface area (Å²) in [5, 5.41) is 4.30. The van der Waals surface area contributed by atoms with Crippen LogP contribution in [-0.4, -0.2) is 42.2 Å². The lowest BCUT2D eigenvalue weighted by Gasteiger charge is -2.17. The van der Waals surface area contributed by atoms with Crippen molar-refractivity contribution in [2.24, 2.45) is 0 Å². The Bertz CT molecular complexity index is 1120. The Balaban J connectivity index is 1.62. The zero-order valence-corrected chi connectivity index (χ0v) is 17.0. The monoisotopic (exact) mass is 437 g/mol. The molecule has 0 N–H and O–H groups in total. The molecular formula is C19H17ClFN3O4S. The normalized spacial score (nSPS) is 11.4. The second-order valence-corrected chi connectivity index (χ2v) is 8.93. The van der Waals surface area contributed by atoms with E-state index < -0.39 is 33.1 Å². The molecule has 152 valence electrons. The van der Waals surface area contributed by atoms with Crippen molar-refractivity contribution in [2.75, 3.05) is 12.8 Å². The highest BCUT2D eigenvalue weighted by molar-refractivity contribution is 7.91. The van der Waals surface area contributed by atoms with Gasteiger partial charge in [-0.1, -0.05) is 28.9 Å². The lowest BCUT2D eigenvalue weighted by Crippen LogP contribution is -2.32. The van der Waals surface area contributed by atoms with Gasteiger partial charge in [0.2, 0.25) is 17.6 Å². The summed E-state index contributed by atoms with van der Waals surface area (Å²) in [7, 11) is -2.39. The van der Waals surface area contributed by atoms with E-state index in [2.05, 4.69) is 10.1 Å². The lowest BCUT2D eigenvalue weighted by atomic mass is 10.2. The maximum Gasteiger partial charge on any atom is 0.242 e. The van der Waals surface area contributed by atoms with Gasteiger partial charge in [0.25, 0.3) is 0 Å². The van der Waals surface area contributed by atoms with Crippen LogP contribution in [0, 0.1) is 5.82 Å². The van der Waals surface area contributed by atoms with Gasteiger partial charge in [-0.05, 0) is 42.0 Å². The topological polar surface area (TPSA) is 93.4 Å². The van der Waals surface area contributed by atoms with Crippen molar-refractivity contribution in [3.05, 3.63) is 70.8 Å². The van der Waals surface area contributed by atoms with Gasteiger partial charge in [-0.25, -0.2) is 12.8 Å². The fraction of sp³-hybridized carbons (Fsp3) is 0.211. The number of carbonyl (C=O) groups is 1. The molecule has 0 saturated heterocycles. The number of amides is 1. The van der Waals surface area contributed by atoms with Crippen molar-refractivity contribution < 1.29 is 22.1 Å². The van der Waals surface area contributed by atoms with E-state index in [4.69, 9.17) is 16.1 Å². The molecule has 0 aliphatic carbocycles. The van der Waals surface area contributed by atoms with Gasteiger partial charge in [0.1, 0.15) is 17.3 Å². The summed E-state index contributed by atoms with van der Waals surface area (Å²) in [5.41, 5.74) is 1.18. The molecule has 0 fully saturated rings. The molecule has 0 aliphatic heterocycles. The first-order valence-electron chi connectivity index (χ1n) is 8.49. The van der Waals surface area contributed by atoms with Crippen LogP contribution in [0.25, 0.3) is 11.4 Å². The summed E-state index contributed by atoms with van der Waals surface area (Å²) in [4.78, 5) is 17.6. The molecule has 10 heteroatoms. The molecule has 0 bridgehead atoms. The number of nitrogens with zero attached hydrogens (tertiary/aromatic N) is 3. The third-order valence-corrected chi connectivity index (χ3v) is 5.62. The van der Waals surface area contributed by atoms with Crippen LogP contribution >= 0.6 is 11.6 Å². The summed E-state index contributed by atoms with van der Waals surface area (Å²) in [6.07, 6.45) is 0. The summed E-state index contributed by atoms with van der Waals surface area (Å²) in [6, 6.07) is 12.4. The molecule has 1 heterocycles. The molecule has 29 heavy (non-hydrogen) atoms. The number of aromatic nitrogens is 2. The molecule has 0 unspecified atom stereocenters. The number of rotatable bonds is 7. The van der Waals surface area contributed by atoms with E-state index in [1.165, 1.54) is 30.1 Å². The molecule has 7 nitrogen and oxygen atoms in total. The standard InChI is InChI=1S/C19H17ClFN3O4S/c1-24(10-13-3-2-4-16(21)9-13)18(25)12-29(26,27)11-17-22-19(23-28-17)14-5-7-15(20)8-6-14/h2-9H,10-12H2,1H3. The van der Waals surface area contributed by atoms with Gasteiger partial charge in [-0.3, -0.25) is 4.79 Å². The summed E-state index contributed by atoms with van der Waals surface area (Å²) >= 11 is 5.83. The maximum atomic E-state index is 13.2. The summed E-state index contributed by atoms with van der Waals surface area (Å²) in [5.74, 6) is -2.22. The Morgan fingerprint density at radius 2 is 1.93 bits per heavy atom. The molecule has 0 spiro atoms. The number of hydrogen-bond acceptors (Lipinski definition) is 6. The molecule has 0 radical (unpaired) electrons. The first-order valence-corrected chi connectivity index (χ1v) is 10.7. The predicted octanol–water partition coefficient (Wildman–Crippen LogP) is 3.10. The minimum Gasteiger partial charge on any atom is -0.341 e. The quantitative estimate of drug-likeness (QED) is 0.563. The fourth-order valence-electron chi connectivity index (χ4n) is 2.56. The van der Waals surface area contributed by atoms with Crippen molar-refractivity contribution in [3.63, 3.8) is 0 Å². The van der Waals surface area contributed by atoms with Crippen molar-refractivity contribution in [1.82, 2.24) is 15.0 Å². The van der Waals surface area contributed by atoms with Crippen LogP contribution in [0.2, 0.25) is 5.02 Å². The molecule has 0 saturated carbocycles. The number of carbonyl (C=O) groups excluding carboxylic acids is 1. The van der Waals surface area contributed by atoms with E-state index in [1.54, 1.807) is 30.3 Å². The van der Waals surface area contributed by atoms with E-state index in [0.29, 0.717) is 16.1 Å². The second kappa shape index (κ2) is 8.71. The molecule has 3 aromatic rings. The highest BCUT2D eigenvalue weighted by Crippen LogP contribution is 2.19. The van der Waals surface area contributed by atoms with Crippen LogP contribution < -0.4 is 0 Å². The van der Waals surface area contributed by atoms with Crippen LogP contribution in [-0.2, 0) is 26.9 Å². The average molecular weight is 438 g/mol. The smallest absolute Gasteiger partial charge is 0.242 e. The van der Waals surface area contributed by atoms with Crippen LogP contribution in [0.1, 0.15) is 11.5 Å². The van der Waals surface area contributed by atoms with Crippen molar-refractivity contribution >= 4 is 27.3 Å². The zero-order chi connectivity index (χ0) is 21.0. The Morgan fingerprint density at radius 1 is 1.21 bits per heavy atom. The number of sulfone groups is 1. The van der Waals surface area contributed by atoms with Crippen LogP contribution in [0.5, 0.6) is 0 Å². The van der Waals surface area contributed by atoms with Crippen molar-refractivity contribution in [2.45, 2.75) is 12.3 Å². The molecule has 3 rings (SSSR count). The van der Waals surface area contributed by atoms with E-state index >= 15 is 0 Å². The number of benzene rings is 2.